The lowest BCUT2D eigenvalue weighted by Gasteiger charge is -2.16. The second kappa shape index (κ2) is 18.7. The Hall–Kier alpha value is -1.67. The van der Waals surface area contributed by atoms with Crippen LogP contribution in [0.25, 0.3) is 0 Å². The zero-order chi connectivity index (χ0) is 24.3. The Morgan fingerprint density at radius 3 is 2.33 bits per heavy atom. The number of unbranched alkanes of at least 4 members (excludes halogenated alkanes) is 9. The fourth-order valence-corrected chi connectivity index (χ4v) is 4.50. The van der Waals surface area contributed by atoms with Crippen LogP contribution in [0.5, 0.6) is 0 Å². The number of carbonyl (C=O) groups is 1. The van der Waals surface area contributed by atoms with Crippen molar-refractivity contribution in [1.82, 2.24) is 0 Å². The third-order valence-corrected chi connectivity index (χ3v) is 6.64. The van der Waals surface area contributed by atoms with Crippen LogP contribution in [-0.2, 0) is 9.53 Å². The molecule has 1 aliphatic carbocycles. The summed E-state index contributed by atoms with van der Waals surface area (Å²) in [6.45, 7) is 4.59. The van der Waals surface area contributed by atoms with Crippen LogP contribution < -0.4 is 0 Å². The average molecular weight is 465 g/mol. The summed E-state index contributed by atoms with van der Waals surface area (Å²) in [7, 11) is 0. The van der Waals surface area contributed by atoms with Crippen molar-refractivity contribution in [2.75, 3.05) is 6.61 Å². The van der Waals surface area contributed by atoms with Gasteiger partial charge in [-0.1, -0.05) is 84.0 Å². The SMILES string of the molecule is CCCCCCC#C[C@H]1CCC[C@@H]1CCC[C@H](O)C(O)=C(O)C(=O)OCCCCCCCC. The number of hydrogen-bond donors (Lipinski definition) is 3. The highest BCUT2D eigenvalue weighted by molar-refractivity contribution is 5.86. The Labute approximate surface area is 202 Å². The molecular weight excluding hydrogens is 416 g/mol. The summed E-state index contributed by atoms with van der Waals surface area (Å²) in [5.41, 5.74) is 0. The monoisotopic (exact) mass is 464 g/mol. The predicted molar refractivity (Wildman–Crippen MR) is 134 cm³/mol. The van der Waals surface area contributed by atoms with Crippen LogP contribution in [0.3, 0.4) is 0 Å². The highest BCUT2D eigenvalue weighted by atomic mass is 16.5. The zero-order valence-corrected chi connectivity index (χ0v) is 21.1. The molecule has 0 spiro atoms. The van der Waals surface area contributed by atoms with Crippen LogP contribution in [0, 0.1) is 23.7 Å². The fraction of sp³-hybridized carbons (Fsp3) is 0.821. The summed E-state index contributed by atoms with van der Waals surface area (Å²) in [4.78, 5) is 11.9. The van der Waals surface area contributed by atoms with Gasteiger partial charge in [-0.25, -0.2) is 4.79 Å². The standard InChI is InChI=1S/C28H48O5/c1-3-5-7-9-11-13-17-23-18-15-19-24(23)20-16-21-25(29)26(30)27(31)28(32)33-22-14-12-10-8-6-4-2/h23-25,29-31H,3-12,14-16,18-22H2,1-2H3/t23-,24+,25-/m0/s1. The molecule has 0 bridgehead atoms. The summed E-state index contributed by atoms with van der Waals surface area (Å²) in [5.74, 6) is 5.27. The van der Waals surface area contributed by atoms with E-state index >= 15 is 0 Å². The Bertz CT molecular complexity index is 616. The van der Waals surface area contributed by atoms with Gasteiger partial charge in [0.15, 0.2) is 5.76 Å². The maximum absolute atomic E-state index is 11.9. The molecule has 5 heteroatoms. The van der Waals surface area contributed by atoms with Crippen molar-refractivity contribution in [3.05, 3.63) is 11.5 Å². The van der Waals surface area contributed by atoms with Crippen molar-refractivity contribution in [1.29, 1.82) is 0 Å². The molecule has 0 radical (unpaired) electrons. The van der Waals surface area contributed by atoms with Crippen molar-refractivity contribution >= 4 is 5.97 Å². The number of esters is 1. The van der Waals surface area contributed by atoms with E-state index in [0.29, 0.717) is 24.7 Å². The number of ether oxygens (including phenoxy) is 1. The normalized spacial score (nSPS) is 19.5. The first-order valence-corrected chi connectivity index (χ1v) is 13.5. The summed E-state index contributed by atoms with van der Waals surface area (Å²) >= 11 is 0. The van der Waals surface area contributed by atoms with Crippen LogP contribution in [0.4, 0.5) is 0 Å². The predicted octanol–water partition coefficient (Wildman–Crippen LogP) is 7.14. The van der Waals surface area contributed by atoms with Crippen molar-refractivity contribution in [2.24, 2.45) is 11.8 Å². The third kappa shape index (κ3) is 13.0. The summed E-state index contributed by atoms with van der Waals surface area (Å²) in [6, 6.07) is 0. The Kier molecular flexibility index (Phi) is 16.7. The van der Waals surface area contributed by atoms with E-state index in [1.165, 1.54) is 51.4 Å². The minimum Gasteiger partial charge on any atom is -0.506 e. The fourth-order valence-electron chi connectivity index (χ4n) is 4.50. The van der Waals surface area contributed by atoms with Gasteiger partial charge >= 0.3 is 5.97 Å². The first-order valence-electron chi connectivity index (χ1n) is 13.5. The minimum absolute atomic E-state index is 0.209. The molecule has 0 heterocycles. The molecule has 0 saturated heterocycles. The molecule has 3 N–H and O–H groups in total. The van der Waals surface area contributed by atoms with E-state index < -0.39 is 23.6 Å². The Morgan fingerprint density at radius 1 is 0.939 bits per heavy atom. The van der Waals surface area contributed by atoms with Gasteiger partial charge in [0.25, 0.3) is 0 Å². The molecule has 1 saturated carbocycles. The Balaban J connectivity index is 2.30. The van der Waals surface area contributed by atoms with Crippen molar-refractivity contribution in [3.63, 3.8) is 0 Å². The highest BCUT2D eigenvalue weighted by Crippen LogP contribution is 2.35. The number of carbonyl (C=O) groups excluding carboxylic acids is 1. The van der Waals surface area contributed by atoms with Crippen molar-refractivity contribution in [2.45, 2.75) is 129 Å². The molecule has 0 aliphatic heterocycles. The molecule has 5 nitrogen and oxygen atoms in total. The second-order valence-electron chi connectivity index (χ2n) is 9.51. The van der Waals surface area contributed by atoms with E-state index in [9.17, 15) is 20.1 Å². The number of aliphatic hydroxyl groups excluding tert-OH is 3. The van der Waals surface area contributed by atoms with Crippen LogP contribution in [-0.4, -0.2) is 34.0 Å². The summed E-state index contributed by atoms with van der Waals surface area (Å²) in [6.07, 6.45) is 16.5. The number of aliphatic hydroxyl groups is 3. The van der Waals surface area contributed by atoms with Crippen LogP contribution in [0.15, 0.2) is 11.5 Å². The van der Waals surface area contributed by atoms with Crippen LogP contribution in [0.1, 0.15) is 123 Å². The van der Waals surface area contributed by atoms with Gasteiger partial charge in [0, 0.05) is 12.3 Å². The smallest absolute Gasteiger partial charge is 0.377 e. The van der Waals surface area contributed by atoms with Gasteiger partial charge in [-0.15, -0.1) is 5.92 Å². The Morgan fingerprint density at radius 2 is 1.61 bits per heavy atom. The third-order valence-electron chi connectivity index (χ3n) is 6.64. The molecule has 3 atom stereocenters. The van der Waals surface area contributed by atoms with Crippen LogP contribution in [0.2, 0.25) is 0 Å². The van der Waals surface area contributed by atoms with E-state index in [2.05, 4.69) is 25.7 Å². The van der Waals surface area contributed by atoms with Gasteiger partial charge in [-0.3, -0.25) is 0 Å². The lowest BCUT2D eigenvalue weighted by atomic mass is 9.90. The first-order chi connectivity index (χ1) is 16.0. The van der Waals surface area contributed by atoms with Gasteiger partial charge in [-0.05, 0) is 44.4 Å². The van der Waals surface area contributed by atoms with Gasteiger partial charge in [0.2, 0.25) is 5.76 Å². The quantitative estimate of drug-likeness (QED) is 0.0700. The van der Waals surface area contributed by atoms with Gasteiger partial charge < -0.3 is 20.1 Å². The summed E-state index contributed by atoms with van der Waals surface area (Å²) in [5, 5.41) is 30.2. The average Bonchev–Trinajstić information content (AvgIpc) is 3.26. The summed E-state index contributed by atoms with van der Waals surface area (Å²) < 4.78 is 5.02. The molecule has 190 valence electrons. The van der Waals surface area contributed by atoms with Gasteiger partial charge in [0.05, 0.1) is 6.61 Å². The topological polar surface area (TPSA) is 87.0 Å². The second-order valence-corrected chi connectivity index (χ2v) is 9.51. The lowest BCUT2D eigenvalue weighted by molar-refractivity contribution is -0.142. The van der Waals surface area contributed by atoms with Gasteiger partial charge in [0.1, 0.15) is 6.10 Å². The van der Waals surface area contributed by atoms with Crippen molar-refractivity contribution < 1.29 is 24.9 Å². The molecule has 0 aromatic rings. The number of hydrogen-bond acceptors (Lipinski definition) is 5. The highest BCUT2D eigenvalue weighted by Gasteiger charge is 2.26. The molecule has 1 rings (SSSR count). The molecule has 1 aliphatic rings. The zero-order valence-electron chi connectivity index (χ0n) is 21.1. The number of rotatable bonds is 17. The molecule has 0 amide bonds. The van der Waals surface area contributed by atoms with Gasteiger partial charge in [-0.2, -0.15) is 0 Å². The van der Waals surface area contributed by atoms with E-state index in [4.69, 9.17) is 4.74 Å². The molecule has 0 aromatic heterocycles. The van der Waals surface area contributed by atoms with E-state index in [0.717, 1.165) is 44.9 Å². The molecule has 0 unspecified atom stereocenters. The maximum atomic E-state index is 11.9. The van der Waals surface area contributed by atoms with E-state index in [1.54, 1.807) is 0 Å². The van der Waals surface area contributed by atoms with Crippen LogP contribution >= 0.6 is 0 Å². The van der Waals surface area contributed by atoms with E-state index in [1.807, 2.05) is 0 Å². The van der Waals surface area contributed by atoms with E-state index in [-0.39, 0.29) is 6.61 Å². The lowest BCUT2D eigenvalue weighted by Crippen LogP contribution is -2.19. The molecule has 33 heavy (non-hydrogen) atoms. The minimum atomic E-state index is -1.25. The maximum Gasteiger partial charge on any atom is 0.377 e. The first kappa shape index (κ1) is 29.4. The molecular formula is C28H48O5. The molecule has 1 fully saturated rings. The molecule has 0 aromatic carbocycles. The largest absolute Gasteiger partial charge is 0.506 e. The van der Waals surface area contributed by atoms with Crippen molar-refractivity contribution in [3.8, 4) is 11.8 Å².